The summed E-state index contributed by atoms with van der Waals surface area (Å²) in [7, 11) is 0.723. The van der Waals surface area contributed by atoms with E-state index in [2.05, 4.69) is 72.7 Å². The van der Waals surface area contributed by atoms with Crippen molar-refractivity contribution in [3.8, 4) is 0 Å². The Bertz CT molecular complexity index is 588. The highest BCUT2D eigenvalue weighted by atomic mass is 28.2. The minimum atomic E-state index is -0.256. The minimum Gasteiger partial charge on any atom is -0.420 e. The first-order valence-electron chi connectivity index (χ1n) is 13.4. The van der Waals surface area contributed by atoms with Gasteiger partial charge in [0.2, 0.25) is 0 Å². The predicted molar refractivity (Wildman–Crippen MR) is 144 cm³/mol. The van der Waals surface area contributed by atoms with Crippen LogP contribution in [0.25, 0.3) is 0 Å². The molecule has 0 N–H and O–H groups in total. The first-order valence-corrected chi connectivity index (χ1v) is 14.2. The fraction of sp³-hybridized carbons (Fsp3) is 0.793. The Morgan fingerprint density at radius 3 is 1.75 bits per heavy atom. The van der Waals surface area contributed by atoms with E-state index in [-0.39, 0.29) is 17.1 Å². The fourth-order valence-electron chi connectivity index (χ4n) is 4.83. The largest absolute Gasteiger partial charge is 0.420 e. The van der Waals surface area contributed by atoms with E-state index in [4.69, 9.17) is 9.16 Å². The molecule has 0 aromatic heterocycles. The zero-order valence-corrected chi connectivity index (χ0v) is 24.8. The topological polar surface area (TPSA) is 18.5 Å². The lowest BCUT2D eigenvalue weighted by molar-refractivity contribution is -0.128. The van der Waals surface area contributed by atoms with Gasteiger partial charge in [0, 0.05) is 0 Å². The highest BCUT2D eigenvalue weighted by Crippen LogP contribution is 2.33. The van der Waals surface area contributed by atoms with Crippen molar-refractivity contribution < 1.29 is 9.16 Å². The molecule has 2 nitrogen and oxygen atoms in total. The number of ether oxygens (including phenoxy) is 1. The first-order chi connectivity index (χ1) is 15.1. The lowest BCUT2D eigenvalue weighted by atomic mass is 9.80. The van der Waals surface area contributed by atoms with Gasteiger partial charge in [0.25, 0.3) is 0 Å². The molecule has 0 aliphatic rings. The van der Waals surface area contributed by atoms with E-state index in [0.29, 0.717) is 12.5 Å². The lowest BCUT2D eigenvalue weighted by Gasteiger charge is -2.42. The van der Waals surface area contributed by atoms with E-state index in [1.807, 2.05) is 0 Å². The molecule has 1 rings (SSSR count). The molecule has 0 saturated carbocycles. The Morgan fingerprint density at radius 2 is 1.28 bits per heavy atom. The molecule has 32 heavy (non-hydrogen) atoms. The smallest absolute Gasteiger partial charge is 0.146 e. The summed E-state index contributed by atoms with van der Waals surface area (Å²) in [6, 6.07) is 9.11. The Hall–Kier alpha value is -0.643. The average Bonchev–Trinajstić information content (AvgIpc) is 2.74. The molecule has 0 heterocycles. The van der Waals surface area contributed by atoms with Crippen molar-refractivity contribution in [1.29, 1.82) is 0 Å². The highest BCUT2D eigenvalue weighted by Gasteiger charge is 2.38. The Kier molecular flexibility index (Phi) is 14.0. The van der Waals surface area contributed by atoms with Gasteiger partial charge in [0.05, 0.1) is 18.3 Å². The molecule has 0 aliphatic carbocycles. The monoisotopic (exact) mass is 462 g/mol. The number of rotatable bonds is 17. The van der Waals surface area contributed by atoms with E-state index in [1.165, 1.54) is 81.8 Å². The van der Waals surface area contributed by atoms with Crippen LogP contribution in [0.5, 0.6) is 0 Å². The van der Waals surface area contributed by atoms with Crippen LogP contribution in [-0.4, -0.2) is 22.2 Å². The second kappa shape index (κ2) is 15.3. The SMILES string of the molecule is CCCCCCCCCCCCC(C)c1ccc(COC(C(C)(C)C)C(C)(C)O[SiH3])cc1. The van der Waals surface area contributed by atoms with Gasteiger partial charge in [0.1, 0.15) is 10.5 Å². The van der Waals surface area contributed by atoms with Gasteiger partial charge < -0.3 is 9.16 Å². The van der Waals surface area contributed by atoms with Gasteiger partial charge in [0.15, 0.2) is 0 Å². The molecule has 1 aromatic rings. The molecule has 0 amide bonds. The average molecular weight is 463 g/mol. The third kappa shape index (κ3) is 11.5. The normalized spacial score (nSPS) is 14.6. The second-order valence-corrected chi connectivity index (χ2v) is 11.9. The first kappa shape index (κ1) is 29.4. The summed E-state index contributed by atoms with van der Waals surface area (Å²) in [6.07, 6.45) is 15.4. The number of benzene rings is 1. The molecular formula is C29H54O2Si. The number of hydrogen-bond acceptors (Lipinski definition) is 2. The van der Waals surface area contributed by atoms with E-state index >= 15 is 0 Å². The molecule has 186 valence electrons. The van der Waals surface area contributed by atoms with Crippen molar-refractivity contribution in [3.63, 3.8) is 0 Å². The van der Waals surface area contributed by atoms with Crippen molar-refractivity contribution in [1.82, 2.24) is 0 Å². The quantitative estimate of drug-likeness (QED) is 0.172. The third-order valence-corrected chi connectivity index (χ3v) is 7.95. The van der Waals surface area contributed by atoms with Crippen molar-refractivity contribution in [2.45, 2.75) is 143 Å². The van der Waals surface area contributed by atoms with Crippen LogP contribution < -0.4 is 0 Å². The second-order valence-electron chi connectivity index (χ2n) is 11.5. The van der Waals surface area contributed by atoms with E-state index < -0.39 is 0 Å². The summed E-state index contributed by atoms with van der Waals surface area (Å²) in [6.45, 7) is 16.3. The lowest BCUT2D eigenvalue weighted by Crippen LogP contribution is -2.48. The summed E-state index contributed by atoms with van der Waals surface area (Å²) >= 11 is 0. The standard InChI is InChI=1S/C29H54O2Si/c1-8-9-10-11-12-13-14-15-16-17-18-24(2)26-21-19-25(20-22-26)23-30-27(28(3,4)5)29(6,7)31-32/h19-22,24,27H,8-18,23H2,1-7,32H3. The van der Waals surface area contributed by atoms with Crippen LogP contribution in [0.2, 0.25) is 0 Å². The summed E-state index contributed by atoms with van der Waals surface area (Å²) in [4.78, 5) is 0. The van der Waals surface area contributed by atoms with Crippen molar-refractivity contribution >= 4 is 10.5 Å². The molecule has 0 saturated heterocycles. The zero-order chi connectivity index (χ0) is 24.0. The Balaban J connectivity index is 2.34. The van der Waals surface area contributed by atoms with Crippen LogP contribution in [0.4, 0.5) is 0 Å². The number of hydrogen-bond donors (Lipinski definition) is 0. The molecule has 0 bridgehead atoms. The summed E-state index contributed by atoms with van der Waals surface area (Å²) in [5.41, 5.74) is 2.49. The molecule has 0 aliphatic heterocycles. The molecule has 1 aromatic carbocycles. The van der Waals surface area contributed by atoms with Crippen LogP contribution in [0.3, 0.4) is 0 Å². The summed E-state index contributed by atoms with van der Waals surface area (Å²) in [5.74, 6) is 0.638. The van der Waals surface area contributed by atoms with Gasteiger partial charge in [-0.15, -0.1) is 0 Å². The van der Waals surface area contributed by atoms with Crippen LogP contribution in [0.1, 0.15) is 136 Å². The maximum absolute atomic E-state index is 6.38. The van der Waals surface area contributed by atoms with Crippen LogP contribution in [-0.2, 0) is 15.8 Å². The molecule has 0 spiro atoms. The van der Waals surface area contributed by atoms with Crippen molar-refractivity contribution in [3.05, 3.63) is 35.4 Å². The van der Waals surface area contributed by atoms with Crippen molar-refractivity contribution in [2.24, 2.45) is 5.41 Å². The Labute approximate surface area is 203 Å². The van der Waals surface area contributed by atoms with Crippen LogP contribution >= 0.6 is 0 Å². The summed E-state index contributed by atoms with van der Waals surface area (Å²) in [5, 5.41) is 0. The maximum atomic E-state index is 6.38. The van der Waals surface area contributed by atoms with E-state index in [1.54, 1.807) is 0 Å². The van der Waals surface area contributed by atoms with Gasteiger partial charge in [-0.2, -0.15) is 0 Å². The van der Waals surface area contributed by atoms with Gasteiger partial charge in [-0.1, -0.05) is 123 Å². The molecule has 3 heteroatoms. The molecule has 0 fully saturated rings. The maximum Gasteiger partial charge on any atom is 0.146 e. The minimum absolute atomic E-state index is 0.0391. The molecule has 2 unspecified atom stereocenters. The highest BCUT2D eigenvalue weighted by molar-refractivity contribution is 5.98. The van der Waals surface area contributed by atoms with Gasteiger partial charge >= 0.3 is 0 Å². The zero-order valence-electron chi connectivity index (χ0n) is 22.8. The van der Waals surface area contributed by atoms with Crippen LogP contribution in [0, 0.1) is 5.41 Å². The summed E-state index contributed by atoms with van der Waals surface area (Å²) < 4.78 is 12.3. The van der Waals surface area contributed by atoms with E-state index in [9.17, 15) is 0 Å². The van der Waals surface area contributed by atoms with Gasteiger partial charge in [-0.3, -0.25) is 0 Å². The van der Waals surface area contributed by atoms with Crippen LogP contribution in [0.15, 0.2) is 24.3 Å². The Morgan fingerprint density at radius 1 is 0.781 bits per heavy atom. The van der Waals surface area contributed by atoms with E-state index in [0.717, 1.165) is 10.5 Å². The number of unbranched alkanes of at least 4 members (excludes halogenated alkanes) is 9. The predicted octanol–water partition coefficient (Wildman–Crippen LogP) is 8.11. The molecular weight excluding hydrogens is 408 g/mol. The fourth-order valence-corrected chi connectivity index (χ4v) is 5.04. The van der Waals surface area contributed by atoms with Gasteiger partial charge in [-0.05, 0) is 42.7 Å². The molecule has 0 radical (unpaired) electrons. The molecule has 2 atom stereocenters. The van der Waals surface area contributed by atoms with Crippen molar-refractivity contribution in [2.75, 3.05) is 0 Å². The third-order valence-electron chi connectivity index (χ3n) is 6.90. The van der Waals surface area contributed by atoms with Gasteiger partial charge in [-0.25, -0.2) is 0 Å².